The van der Waals surface area contributed by atoms with Crippen molar-refractivity contribution >= 4 is 16.0 Å². The van der Waals surface area contributed by atoms with E-state index in [2.05, 4.69) is 14.9 Å². The van der Waals surface area contributed by atoms with Crippen LogP contribution in [0.4, 0.5) is 14.8 Å². The first-order valence-corrected chi connectivity index (χ1v) is 9.71. The third-order valence-electron chi connectivity index (χ3n) is 4.19. The Morgan fingerprint density at radius 1 is 1.14 bits per heavy atom. The molecule has 10 heteroatoms. The average Bonchev–Trinajstić information content (AvgIpc) is 3.08. The Morgan fingerprint density at radius 3 is 2.36 bits per heavy atom. The second-order valence-electron chi connectivity index (χ2n) is 6.23. The zero-order valence-electron chi connectivity index (χ0n) is 15.1. The van der Waals surface area contributed by atoms with Crippen LogP contribution in [0.15, 0.2) is 51.8 Å². The predicted molar refractivity (Wildman–Crippen MR) is 99.2 cm³/mol. The maximum Gasteiger partial charge on any atom is 0.313 e. The number of alkyl halides is 2. The fourth-order valence-corrected chi connectivity index (χ4v) is 3.43. The van der Waals surface area contributed by atoms with Crippen LogP contribution in [-0.2, 0) is 22.4 Å². The van der Waals surface area contributed by atoms with Gasteiger partial charge in [-0.25, -0.2) is 21.9 Å². The number of nitrogen functional groups attached to an aromatic ring is 1. The van der Waals surface area contributed by atoms with E-state index in [0.29, 0.717) is 17.5 Å². The first-order chi connectivity index (χ1) is 13.1. The molecule has 0 fully saturated rings. The highest BCUT2D eigenvalue weighted by atomic mass is 32.2. The Labute approximate surface area is 160 Å². The molecular weight excluding hydrogens is 390 g/mol. The van der Waals surface area contributed by atoms with Gasteiger partial charge in [-0.2, -0.15) is 0 Å². The van der Waals surface area contributed by atoms with Crippen molar-refractivity contribution in [3.8, 4) is 11.5 Å². The zero-order valence-corrected chi connectivity index (χ0v) is 15.9. The van der Waals surface area contributed by atoms with Crippen LogP contribution in [0.25, 0.3) is 11.5 Å². The summed E-state index contributed by atoms with van der Waals surface area (Å²) in [5.41, 5.74) is 7.22. The smallest absolute Gasteiger partial charge is 0.313 e. The summed E-state index contributed by atoms with van der Waals surface area (Å²) in [6.45, 7) is 0.834. The van der Waals surface area contributed by atoms with Gasteiger partial charge in [-0.3, -0.25) is 0 Å². The molecule has 0 saturated carbocycles. The monoisotopic (exact) mass is 408 g/mol. The second kappa shape index (κ2) is 7.28. The molecule has 0 amide bonds. The number of rotatable bonds is 6. The lowest BCUT2D eigenvalue weighted by atomic mass is 9.98. The molecule has 0 atom stereocenters. The largest absolute Gasteiger partial charge is 0.404 e. The van der Waals surface area contributed by atoms with Gasteiger partial charge in [-0.05, 0) is 36.7 Å². The second-order valence-corrected chi connectivity index (χ2v) is 8.12. The average molecular weight is 408 g/mol. The van der Waals surface area contributed by atoms with Crippen LogP contribution < -0.4 is 10.5 Å². The summed E-state index contributed by atoms with van der Waals surface area (Å²) < 4.78 is 58.5. The van der Waals surface area contributed by atoms with Crippen molar-refractivity contribution in [3.63, 3.8) is 0 Å². The summed E-state index contributed by atoms with van der Waals surface area (Å²) in [6, 6.07) is 10.2. The molecule has 0 radical (unpaired) electrons. The van der Waals surface area contributed by atoms with Crippen molar-refractivity contribution < 1.29 is 21.6 Å². The number of nitrogens with two attached hydrogens (primary N) is 1. The minimum absolute atomic E-state index is 0.0199. The highest BCUT2D eigenvalue weighted by molar-refractivity contribution is 7.89. The third-order valence-corrected chi connectivity index (χ3v) is 5.60. The molecule has 148 valence electrons. The van der Waals surface area contributed by atoms with Gasteiger partial charge in [0.1, 0.15) is 0 Å². The summed E-state index contributed by atoms with van der Waals surface area (Å²) in [4.78, 5) is 0.0199. The molecule has 28 heavy (non-hydrogen) atoms. The van der Waals surface area contributed by atoms with E-state index in [1.165, 1.54) is 31.3 Å². The van der Waals surface area contributed by atoms with Gasteiger partial charge in [0, 0.05) is 18.1 Å². The fourth-order valence-electron chi connectivity index (χ4n) is 2.67. The van der Waals surface area contributed by atoms with Crippen molar-refractivity contribution in [2.24, 2.45) is 0 Å². The lowest BCUT2D eigenvalue weighted by Gasteiger charge is -2.12. The predicted octanol–water partition coefficient (Wildman–Crippen LogP) is 2.93. The summed E-state index contributed by atoms with van der Waals surface area (Å²) in [7, 11) is -2.38. The highest BCUT2D eigenvalue weighted by Gasteiger charge is 2.24. The van der Waals surface area contributed by atoms with Crippen LogP contribution >= 0.6 is 0 Å². The first kappa shape index (κ1) is 19.9. The van der Waals surface area contributed by atoms with E-state index >= 15 is 0 Å². The normalized spacial score (nSPS) is 12.3. The number of hydrogen-bond acceptors (Lipinski definition) is 6. The molecule has 1 aromatic heterocycles. The van der Waals surface area contributed by atoms with Crippen LogP contribution in [0.2, 0.25) is 0 Å². The molecule has 0 aliphatic rings. The Morgan fingerprint density at radius 2 is 1.82 bits per heavy atom. The number of benzene rings is 2. The maximum atomic E-state index is 13.4. The number of aromatic nitrogens is 2. The van der Waals surface area contributed by atoms with E-state index in [9.17, 15) is 17.2 Å². The van der Waals surface area contributed by atoms with Crippen LogP contribution in [0.5, 0.6) is 0 Å². The molecule has 3 N–H and O–H groups in total. The van der Waals surface area contributed by atoms with E-state index in [1.807, 2.05) is 0 Å². The van der Waals surface area contributed by atoms with Gasteiger partial charge in [-0.1, -0.05) is 35.4 Å². The molecule has 0 aliphatic heterocycles. The minimum atomic E-state index is -3.69. The standard InChI is InChI=1S/C18H18F2N4O3S/c1-18(19,20)13-6-3-11(4-7-13)9-12-5-8-14(28(25,26)22-2)10-15(12)16-23-24-17(21)27-16/h3-8,10,22H,9H2,1-2H3,(H2,21,24). The lowest BCUT2D eigenvalue weighted by molar-refractivity contribution is 0.0174. The van der Waals surface area contributed by atoms with Crippen LogP contribution in [0.3, 0.4) is 0 Å². The number of nitrogens with one attached hydrogen (secondary N) is 1. The van der Waals surface area contributed by atoms with Crippen molar-refractivity contribution in [3.05, 3.63) is 59.2 Å². The summed E-state index contributed by atoms with van der Waals surface area (Å²) in [6.07, 6.45) is 0.340. The van der Waals surface area contributed by atoms with Gasteiger partial charge in [0.15, 0.2) is 0 Å². The van der Waals surface area contributed by atoms with Crippen molar-refractivity contribution in [2.45, 2.75) is 24.2 Å². The topological polar surface area (TPSA) is 111 Å². The van der Waals surface area contributed by atoms with Crippen LogP contribution in [-0.4, -0.2) is 25.7 Å². The molecule has 0 aliphatic carbocycles. The Bertz CT molecular complexity index is 1090. The van der Waals surface area contributed by atoms with Gasteiger partial charge in [0.05, 0.1) is 4.90 Å². The maximum absolute atomic E-state index is 13.4. The lowest BCUT2D eigenvalue weighted by Crippen LogP contribution is -2.18. The summed E-state index contributed by atoms with van der Waals surface area (Å²) >= 11 is 0. The van der Waals surface area contributed by atoms with E-state index in [4.69, 9.17) is 10.2 Å². The zero-order chi connectivity index (χ0) is 20.5. The van der Waals surface area contributed by atoms with Crippen LogP contribution in [0, 0.1) is 0 Å². The number of sulfonamides is 1. The van der Waals surface area contributed by atoms with E-state index < -0.39 is 15.9 Å². The number of hydrogen-bond donors (Lipinski definition) is 2. The van der Waals surface area contributed by atoms with Crippen molar-refractivity contribution in [1.29, 1.82) is 0 Å². The SMILES string of the molecule is CNS(=O)(=O)c1ccc(Cc2ccc(C(C)(F)F)cc2)c(-c2nnc(N)o2)c1. The minimum Gasteiger partial charge on any atom is -0.404 e. The molecule has 1 heterocycles. The van der Waals surface area contributed by atoms with E-state index in [-0.39, 0.29) is 22.4 Å². The number of nitrogens with zero attached hydrogens (tertiary/aromatic N) is 2. The van der Waals surface area contributed by atoms with Gasteiger partial charge in [0.25, 0.3) is 5.92 Å². The molecule has 2 aromatic carbocycles. The molecule has 7 nitrogen and oxygen atoms in total. The number of halogens is 2. The van der Waals surface area contributed by atoms with Gasteiger partial charge in [-0.15, -0.1) is 5.10 Å². The summed E-state index contributed by atoms with van der Waals surface area (Å²) in [5.74, 6) is -2.86. The molecule has 3 aromatic rings. The number of anilines is 1. The third kappa shape index (κ3) is 4.18. The Hall–Kier alpha value is -2.85. The summed E-state index contributed by atoms with van der Waals surface area (Å²) in [5, 5.41) is 7.43. The molecule has 0 saturated heterocycles. The van der Waals surface area contributed by atoms with Gasteiger partial charge in [0.2, 0.25) is 15.9 Å². The molecule has 3 rings (SSSR count). The fraction of sp³-hybridized carbons (Fsp3) is 0.222. The quantitative estimate of drug-likeness (QED) is 0.649. The van der Waals surface area contributed by atoms with E-state index in [1.54, 1.807) is 18.2 Å². The van der Waals surface area contributed by atoms with Gasteiger partial charge >= 0.3 is 6.01 Å². The van der Waals surface area contributed by atoms with E-state index in [0.717, 1.165) is 12.5 Å². The van der Waals surface area contributed by atoms with Crippen molar-refractivity contribution in [2.75, 3.05) is 12.8 Å². The first-order valence-electron chi connectivity index (χ1n) is 8.23. The van der Waals surface area contributed by atoms with Crippen LogP contribution in [0.1, 0.15) is 23.6 Å². The molecule has 0 spiro atoms. The molecule has 0 unspecified atom stereocenters. The molecule has 0 bridgehead atoms. The van der Waals surface area contributed by atoms with Crippen molar-refractivity contribution in [1.82, 2.24) is 14.9 Å². The van der Waals surface area contributed by atoms with Gasteiger partial charge < -0.3 is 10.2 Å². The highest BCUT2D eigenvalue weighted by Crippen LogP contribution is 2.30. The molecular formula is C18H18F2N4O3S. The Kier molecular flexibility index (Phi) is 5.18. The Balaban J connectivity index is 2.03.